The van der Waals surface area contributed by atoms with E-state index in [2.05, 4.69) is 213 Å². The van der Waals surface area contributed by atoms with Crippen LogP contribution in [-0.4, -0.2) is 105 Å². The number of methoxy groups -OCH3 is 2. The highest BCUT2D eigenvalue weighted by Gasteiger charge is 2.69. The number of hydrogen-bond acceptors (Lipinski definition) is 15. The van der Waals surface area contributed by atoms with E-state index in [0.717, 1.165) is 117 Å². The Kier molecular flexibility index (Phi) is 39.6. The van der Waals surface area contributed by atoms with Crippen LogP contribution in [0.2, 0.25) is 0 Å². The van der Waals surface area contributed by atoms with Crippen LogP contribution in [0.25, 0.3) is 40.6 Å². The first-order valence-corrected chi connectivity index (χ1v) is 54.3. The number of nitrogens with one attached hydrogen (secondary N) is 1. The Morgan fingerprint density at radius 1 is 0.510 bits per heavy atom. The van der Waals surface area contributed by atoms with Crippen LogP contribution < -0.4 is 14.4 Å². The summed E-state index contributed by atoms with van der Waals surface area (Å²) in [7, 11) is 3.95. The summed E-state index contributed by atoms with van der Waals surface area (Å²) in [5.41, 5.74) is 20.6. The van der Waals surface area contributed by atoms with E-state index in [1.54, 1.807) is 100 Å². The molecule has 0 amide bonds. The van der Waals surface area contributed by atoms with Crippen molar-refractivity contribution in [2.45, 2.75) is 227 Å². The summed E-state index contributed by atoms with van der Waals surface area (Å²) in [4.78, 5) is 119. The maximum absolute atomic E-state index is 12.9. The number of sulfone groups is 1. The third-order valence-electron chi connectivity index (χ3n) is 32.9. The van der Waals surface area contributed by atoms with E-state index >= 15 is 0 Å². The number of nitrogens with zero attached hydrogens (tertiary/aromatic N) is 2. The zero-order valence-corrected chi connectivity index (χ0v) is 94.0. The van der Waals surface area contributed by atoms with E-state index in [9.17, 15) is 51.6 Å². The Bertz CT molecular complexity index is 6850. The van der Waals surface area contributed by atoms with Crippen LogP contribution in [0.4, 0.5) is 5.69 Å². The first-order chi connectivity index (χ1) is 70.2. The molecule has 6 aliphatic carbocycles. The van der Waals surface area contributed by atoms with Gasteiger partial charge in [-0.2, -0.15) is 0 Å². The van der Waals surface area contributed by atoms with Crippen LogP contribution >= 0.6 is 0 Å². The number of ketones is 9. The summed E-state index contributed by atoms with van der Waals surface area (Å²) in [5.74, 6) is 5.82. The number of hydrogen-bond donors (Lipinski definition) is 1. The minimum Gasteiger partial charge on any atom is -0.497 e. The molecule has 0 aliphatic heterocycles. The van der Waals surface area contributed by atoms with Crippen molar-refractivity contribution in [3.05, 3.63) is 368 Å². The van der Waals surface area contributed by atoms with Gasteiger partial charge >= 0.3 is 0 Å². The summed E-state index contributed by atoms with van der Waals surface area (Å²) in [6.07, 6.45) is 16.1. The monoisotopic (exact) mass is 2020 g/mol. The fourth-order valence-electron chi connectivity index (χ4n) is 21.8. The van der Waals surface area contributed by atoms with Gasteiger partial charge in [0.05, 0.1) is 43.0 Å². The summed E-state index contributed by atoms with van der Waals surface area (Å²) in [5, 5.41) is 0. The lowest BCUT2D eigenvalue weighted by Crippen LogP contribution is -2.37. The molecule has 784 valence electrons. The van der Waals surface area contributed by atoms with Crippen LogP contribution in [-0.2, 0) is 47.3 Å². The molecule has 12 aromatic rings. The Hall–Kier alpha value is -13.5. The van der Waals surface area contributed by atoms with Crippen LogP contribution in [0.3, 0.4) is 0 Å². The van der Waals surface area contributed by atoms with Gasteiger partial charge in [-0.1, -0.05) is 334 Å². The van der Waals surface area contributed by atoms with Crippen molar-refractivity contribution in [1.82, 2.24) is 9.97 Å². The minimum absolute atomic E-state index is 0.0517. The lowest BCUT2D eigenvalue weighted by molar-refractivity contribution is -0.131. The Balaban J connectivity index is 0.000000175. The highest BCUT2D eigenvalue weighted by molar-refractivity contribution is 7.90. The molecule has 1 N–H and O–H groups in total. The van der Waals surface area contributed by atoms with Gasteiger partial charge in [-0.25, -0.2) is 13.4 Å². The molecule has 0 saturated heterocycles. The minimum atomic E-state index is -3.20. The van der Waals surface area contributed by atoms with E-state index in [4.69, 9.17) is 9.47 Å². The zero-order valence-electron chi connectivity index (χ0n) is 93.2. The van der Waals surface area contributed by atoms with E-state index in [-0.39, 0.29) is 91.4 Å². The average Bonchev–Trinajstić information content (AvgIpc) is 1.55. The molecule has 149 heavy (non-hydrogen) atoms. The number of aromatic nitrogens is 2. The lowest BCUT2D eigenvalue weighted by atomic mass is 9.66. The third kappa shape index (κ3) is 27.8. The number of aryl methyl sites for hydroxylation is 5. The number of Topliss-reactive ketones (excluding diaryl/α,β-unsaturated/α-hetero) is 8. The maximum atomic E-state index is 12.9. The molecule has 9 atom stereocenters. The van der Waals surface area contributed by atoms with Crippen molar-refractivity contribution < 1.29 is 61.0 Å². The Morgan fingerprint density at radius 3 is 1.36 bits per heavy atom. The van der Waals surface area contributed by atoms with Gasteiger partial charge in [-0.15, -0.1) is 0 Å². The fourth-order valence-corrected chi connectivity index (χ4v) is 22.5. The molecule has 0 radical (unpaired) electrons. The number of allylic oxidation sites excluding steroid dienone is 3. The van der Waals surface area contributed by atoms with Gasteiger partial charge in [0.15, 0.2) is 56.1 Å². The topological polar surface area (TPSA) is 238 Å². The smallest absolute Gasteiger partial charge is 0.175 e. The second-order valence-corrected chi connectivity index (χ2v) is 46.0. The second-order valence-electron chi connectivity index (χ2n) is 44.0. The molecular formula is C132H157N3O13S. The number of anilines is 1. The van der Waals surface area contributed by atoms with Gasteiger partial charge in [0.25, 0.3) is 0 Å². The predicted molar refractivity (Wildman–Crippen MR) is 610 cm³/mol. The van der Waals surface area contributed by atoms with Crippen molar-refractivity contribution >= 4 is 96.8 Å². The zero-order chi connectivity index (χ0) is 110. The predicted octanol–water partition coefficient (Wildman–Crippen LogP) is 30.2. The average molecular weight is 2030 g/mol. The van der Waals surface area contributed by atoms with Gasteiger partial charge in [0.1, 0.15) is 23.1 Å². The first-order valence-electron chi connectivity index (χ1n) is 52.4. The maximum Gasteiger partial charge on any atom is 0.175 e. The summed E-state index contributed by atoms with van der Waals surface area (Å²) in [6, 6.07) is 84.4. The molecule has 18 rings (SSSR count). The molecule has 17 heteroatoms. The Labute approximate surface area is 887 Å². The van der Waals surface area contributed by atoms with Crippen LogP contribution in [0, 0.1) is 95.7 Å². The molecule has 6 bridgehead atoms. The van der Waals surface area contributed by atoms with Gasteiger partial charge in [0.2, 0.25) is 0 Å². The van der Waals surface area contributed by atoms with Crippen molar-refractivity contribution in [1.29, 1.82) is 0 Å². The molecule has 6 saturated carbocycles. The highest BCUT2D eigenvalue weighted by Crippen LogP contribution is 2.70. The summed E-state index contributed by atoms with van der Waals surface area (Å²) in [6.45, 7) is 48.7. The van der Waals surface area contributed by atoms with E-state index in [1.165, 1.54) is 47.4 Å². The van der Waals surface area contributed by atoms with E-state index in [1.807, 2.05) is 174 Å². The summed E-state index contributed by atoms with van der Waals surface area (Å²) >= 11 is 0. The number of imidazole rings is 1. The van der Waals surface area contributed by atoms with Crippen molar-refractivity contribution in [3.8, 4) is 22.9 Å². The standard InChI is InChI=1S/C21H24O3.2C19H24O.C19H26O.C17H16O2.C14H12N2O2S.C11H12O2.C10H13NO.C2H6/c1-5-21(2,3)17-10-6-15(7-11-17)19(22)14-20(23)16-8-12-18(24-4)13-9-16;1-12-6-8-14(9-7-12)10-15-16-13(2)11-19(5,17(15)20)18(16,3)4;1-12-6-8-14(9-7-12)11-15-16-10-13(2)19(5,17(15)20)18(16,3)4;1-5-13-6-8-14(9-7-13)12-15-16-10-11-19(4,17(15)20)18(16,2)3;1-12-3-7-14(8-4-12)16(18)11-17(19)15-9-5-13(2)6-10-15;1-19(17,18)11-7-8-12-13(9-11)16-14(15-12)10-5-3-2-4-6-10;1-9(12)3-4-10-5-7-11(13-2)8-6-10;1-8(12)9-4-6-10(7-5-9)11(2)3;1-2/h6-13H,5,14H2,1-4H3;6-10,13,16H,11H2,1-5H3;6-9,11,13,16H,10H2,1-5H3;6-9,15-16H,5,10-12H2,1-4H3;3-10H,11H2,1-2H3;2-9H,1H3,(H,15,16);3-8H,1-2H3;4-7H,1-3H3;1-2H3/b;15-10-;15-11-;;;;4-3+;;. The third-order valence-corrected chi connectivity index (χ3v) is 34.0. The number of rotatable bonds is 23. The number of fused-ring (bicyclic) bond motifs is 7. The molecule has 9 unspecified atom stereocenters. The van der Waals surface area contributed by atoms with Gasteiger partial charge in [0, 0.05) is 87.2 Å². The number of carbonyl (C=O) groups excluding carboxylic acids is 9. The van der Waals surface area contributed by atoms with Crippen molar-refractivity contribution in [2.75, 3.05) is 39.5 Å². The number of H-pyrrole nitrogens is 1. The van der Waals surface area contributed by atoms with Crippen LogP contribution in [0.15, 0.2) is 289 Å². The molecular weight excluding hydrogens is 1870 g/mol. The fraction of sp³-hybridized carbons (Fsp3) is 0.379. The Morgan fingerprint density at radius 2 is 0.946 bits per heavy atom. The number of ether oxygens (including phenoxy) is 2. The lowest BCUT2D eigenvalue weighted by Gasteiger charge is -2.35. The van der Waals surface area contributed by atoms with E-state index < -0.39 is 9.84 Å². The normalized spacial score (nSPS) is 20.9. The molecule has 6 aliphatic rings. The molecule has 0 spiro atoms. The van der Waals surface area contributed by atoms with Gasteiger partial charge in [-0.3, -0.25) is 43.2 Å². The van der Waals surface area contributed by atoms with Crippen LogP contribution in [0.5, 0.6) is 11.5 Å². The molecule has 1 heterocycles. The van der Waals surface area contributed by atoms with Crippen LogP contribution in [0.1, 0.15) is 284 Å². The quantitative estimate of drug-likeness (QED) is 0.0356. The van der Waals surface area contributed by atoms with Gasteiger partial charge in [-0.05, 0) is 274 Å². The molecule has 16 nitrogen and oxygen atoms in total. The highest BCUT2D eigenvalue weighted by atomic mass is 32.2. The first kappa shape index (κ1) is 117. The molecule has 11 aromatic carbocycles. The molecule has 1 aromatic heterocycles. The number of aromatic amines is 1. The second kappa shape index (κ2) is 50.2. The SMILES string of the molecule is CC.CC(=O)c1ccc(N(C)C)cc1.CCC(C)(C)c1ccc(C(=O)CC(=O)c2ccc(OC)cc2)cc1.CCc1ccc(CC2C(=O)C3(C)CCC2C3(C)C)cc1.COc1ccc(/C=C/C(C)=O)cc1.CS(=O)(=O)c1ccc2nc(-c3ccccc3)[nH]c2c1.Cc1ccc(/C=C2\C(=O)C3(C)C(C)CC2C3(C)C)cc1.Cc1ccc(/C=C2\C(=O)C3(C)CC(C)C2C3(C)C)cc1.Cc1ccc(C(=O)CC(=O)c2ccc(C)cc2)cc1. The van der Waals surface area contributed by atoms with Crippen molar-refractivity contribution in [3.63, 3.8) is 0 Å². The van der Waals surface area contributed by atoms with E-state index in [0.29, 0.717) is 79.8 Å². The van der Waals surface area contributed by atoms with Crippen molar-refractivity contribution in [2.24, 2.45) is 68.0 Å². The number of benzene rings is 11. The summed E-state index contributed by atoms with van der Waals surface area (Å²) < 4.78 is 33.1. The number of carbonyl (C=O) groups is 9. The van der Waals surface area contributed by atoms with Gasteiger partial charge < -0.3 is 19.4 Å². The largest absolute Gasteiger partial charge is 0.497 e. The molecule has 6 fully saturated rings.